The maximum absolute atomic E-state index is 12.9. The summed E-state index contributed by atoms with van der Waals surface area (Å²) in [6.07, 6.45) is 91.2. The fourth-order valence-electron chi connectivity index (χ4n) is 10.9. The lowest BCUT2D eigenvalue weighted by molar-refractivity contribution is -0.167. The molecule has 0 aliphatic heterocycles. The van der Waals surface area contributed by atoms with Gasteiger partial charge in [0.2, 0.25) is 0 Å². The summed E-state index contributed by atoms with van der Waals surface area (Å²) in [6, 6.07) is 0. The van der Waals surface area contributed by atoms with Crippen LogP contribution in [-0.2, 0) is 28.6 Å². The highest BCUT2D eigenvalue weighted by molar-refractivity contribution is 5.71. The van der Waals surface area contributed by atoms with Crippen LogP contribution < -0.4 is 0 Å². The molecule has 0 amide bonds. The van der Waals surface area contributed by atoms with Crippen molar-refractivity contribution < 1.29 is 28.6 Å². The lowest BCUT2D eigenvalue weighted by atomic mass is 10.0. The second-order valence-electron chi connectivity index (χ2n) is 24.5. The average molecular weight is 1150 g/mol. The molecule has 0 bridgehead atoms. The fraction of sp³-hybridized carbons (Fsp3) is 0.829. The average Bonchev–Trinajstić information content (AvgIpc) is 3.47. The van der Waals surface area contributed by atoms with Crippen LogP contribution in [0.2, 0.25) is 0 Å². The monoisotopic (exact) mass is 1150 g/mol. The van der Waals surface area contributed by atoms with Gasteiger partial charge in [-0.2, -0.15) is 0 Å². The molecule has 0 radical (unpaired) electrons. The van der Waals surface area contributed by atoms with E-state index in [2.05, 4.69) is 81.5 Å². The smallest absolute Gasteiger partial charge is 0.306 e. The minimum atomic E-state index is -0.791. The standard InChI is InChI=1S/C76H138O6/c1-4-7-10-13-16-19-22-25-28-31-34-35-36-37-38-39-40-41-43-45-48-51-54-57-60-63-66-69-75(78)81-72-73(71-80-74(77)68-65-62-59-56-53-50-47-44-33-30-27-24-21-18-15-12-9-6-3)82-76(79)70-67-64-61-58-55-52-49-46-42-32-29-26-23-20-17-14-11-8-5-2/h8,11,17,20,26,29,42,46,52,55,73H,4-7,9-10,12-16,18-19,21-25,27-28,30-41,43-45,47-51,53-54,56-72H2,1-3H3/b11-8-,20-17-,29-26-,46-42-,55-52-. The van der Waals surface area contributed by atoms with Crippen molar-refractivity contribution in [3.05, 3.63) is 60.8 Å². The normalized spacial score (nSPS) is 12.4. The number of ether oxygens (including phenoxy) is 3. The molecule has 0 aromatic rings. The Morgan fingerprint density at radius 2 is 0.476 bits per heavy atom. The van der Waals surface area contributed by atoms with Crippen molar-refractivity contribution in [2.24, 2.45) is 0 Å². The summed E-state index contributed by atoms with van der Waals surface area (Å²) in [5, 5.41) is 0. The SMILES string of the molecule is CC/C=C\C/C=C\C/C=C\C/C=C\C/C=C\CCCCCC(=O)OC(COC(=O)CCCCCCCCCCCCCCCCCCCC)COC(=O)CCCCCCCCCCCCCCCCCCCCCCCCCCCCC. The fourth-order valence-corrected chi connectivity index (χ4v) is 10.9. The topological polar surface area (TPSA) is 78.9 Å². The van der Waals surface area contributed by atoms with Crippen LogP contribution in [0.5, 0.6) is 0 Å². The molecule has 0 saturated heterocycles. The first-order valence-electron chi connectivity index (χ1n) is 36.3. The van der Waals surface area contributed by atoms with E-state index in [9.17, 15) is 14.4 Å². The lowest BCUT2D eigenvalue weighted by Gasteiger charge is -2.18. The highest BCUT2D eigenvalue weighted by atomic mass is 16.6. The van der Waals surface area contributed by atoms with Crippen LogP contribution in [0.1, 0.15) is 387 Å². The minimum absolute atomic E-state index is 0.0827. The third-order valence-electron chi connectivity index (χ3n) is 16.3. The number of hydrogen-bond acceptors (Lipinski definition) is 6. The van der Waals surface area contributed by atoms with Gasteiger partial charge in [0, 0.05) is 19.3 Å². The Labute approximate surface area is 510 Å². The van der Waals surface area contributed by atoms with Gasteiger partial charge in [-0.25, -0.2) is 0 Å². The van der Waals surface area contributed by atoms with Gasteiger partial charge in [0.05, 0.1) is 0 Å². The van der Waals surface area contributed by atoms with Crippen LogP contribution in [0.15, 0.2) is 60.8 Å². The molecule has 0 aromatic carbocycles. The number of allylic oxidation sites excluding steroid dienone is 10. The Morgan fingerprint density at radius 3 is 0.744 bits per heavy atom. The minimum Gasteiger partial charge on any atom is -0.462 e. The summed E-state index contributed by atoms with van der Waals surface area (Å²) in [5.74, 6) is -0.887. The van der Waals surface area contributed by atoms with Crippen LogP contribution in [0.3, 0.4) is 0 Å². The molecule has 0 heterocycles. The molecule has 1 atom stereocenters. The Hall–Kier alpha value is -2.89. The third kappa shape index (κ3) is 67.9. The summed E-state index contributed by atoms with van der Waals surface area (Å²) in [5.41, 5.74) is 0. The molecule has 0 aliphatic carbocycles. The summed E-state index contributed by atoms with van der Waals surface area (Å²) < 4.78 is 17.0. The predicted molar refractivity (Wildman–Crippen MR) is 358 cm³/mol. The van der Waals surface area contributed by atoms with Crippen molar-refractivity contribution in [1.29, 1.82) is 0 Å². The van der Waals surface area contributed by atoms with Gasteiger partial charge in [0.1, 0.15) is 13.2 Å². The van der Waals surface area contributed by atoms with E-state index >= 15 is 0 Å². The molecule has 0 fully saturated rings. The summed E-state index contributed by atoms with van der Waals surface area (Å²) in [4.78, 5) is 38.5. The molecule has 0 spiro atoms. The molecule has 0 N–H and O–H groups in total. The van der Waals surface area contributed by atoms with Crippen molar-refractivity contribution in [1.82, 2.24) is 0 Å². The molecule has 0 saturated carbocycles. The van der Waals surface area contributed by atoms with Crippen molar-refractivity contribution in [3.8, 4) is 0 Å². The van der Waals surface area contributed by atoms with E-state index in [1.54, 1.807) is 0 Å². The van der Waals surface area contributed by atoms with E-state index in [1.165, 1.54) is 250 Å². The first-order valence-corrected chi connectivity index (χ1v) is 36.3. The molecular weight excluding hydrogens is 1010 g/mol. The maximum Gasteiger partial charge on any atom is 0.306 e. The quantitative estimate of drug-likeness (QED) is 0.0261. The van der Waals surface area contributed by atoms with Crippen LogP contribution in [0.25, 0.3) is 0 Å². The van der Waals surface area contributed by atoms with E-state index in [0.717, 1.165) is 96.3 Å². The van der Waals surface area contributed by atoms with E-state index < -0.39 is 6.10 Å². The second-order valence-corrected chi connectivity index (χ2v) is 24.5. The predicted octanol–water partition coefficient (Wildman–Crippen LogP) is 25.1. The zero-order valence-electron chi connectivity index (χ0n) is 55.0. The van der Waals surface area contributed by atoms with Crippen LogP contribution in [-0.4, -0.2) is 37.2 Å². The van der Waals surface area contributed by atoms with Gasteiger partial charge in [-0.1, -0.05) is 364 Å². The molecule has 0 rings (SSSR count). The summed E-state index contributed by atoms with van der Waals surface area (Å²) in [6.45, 7) is 6.58. The number of rotatable bonds is 67. The zero-order chi connectivity index (χ0) is 59.2. The highest BCUT2D eigenvalue weighted by Gasteiger charge is 2.19. The highest BCUT2D eigenvalue weighted by Crippen LogP contribution is 2.19. The maximum atomic E-state index is 12.9. The first-order chi connectivity index (χ1) is 40.5. The van der Waals surface area contributed by atoms with Gasteiger partial charge in [0.15, 0.2) is 6.10 Å². The largest absolute Gasteiger partial charge is 0.462 e. The summed E-state index contributed by atoms with van der Waals surface area (Å²) >= 11 is 0. The molecule has 0 aromatic heterocycles. The Balaban J connectivity index is 4.30. The zero-order valence-corrected chi connectivity index (χ0v) is 55.0. The first kappa shape index (κ1) is 79.1. The van der Waals surface area contributed by atoms with Crippen molar-refractivity contribution in [3.63, 3.8) is 0 Å². The Bertz CT molecular complexity index is 1460. The molecule has 0 aliphatic rings. The van der Waals surface area contributed by atoms with Gasteiger partial charge in [0.25, 0.3) is 0 Å². The molecular formula is C76H138O6. The molecule has 478 valence electrons. The van der Waals surface area contributed by atoms with Crippen molar-refractivity contribution in [2.75, 3.05) is 13.2 Å². The molecule has 1 unspecified atom stereocenters. The van der Waals surface area contributed by atoms with Crippen molar-refractivity contribution in [2.45, 2.75) is 393 Å². The summed E-state index contributed by atoms with van der Waals surface area (Å²) in [7, 11) is 0. The number of carbonyl (C=O) groups is 3. The van der Waals surface area contributed by atoms with Crippen LogP contribution in [0.4, 0.5) is 0 Å². The van der Waals surface area contributed by atoms with Gasteiger partial charge in [-0.15, -0.1) is 0 Å². The second kappa shape index (κ2) is 70.6. The van der Waals surface area contributed by atoms with Crippen molar-refractivity contribution >= 4 is 17.9 Å². The van der Waals surface area contributed by atoms with Gasteiger partial charge in [-0.3, -0.25) is 14.4 Å². The van der Waals surface area contributed by atoms with E-state index in [0.29, 0.717) is 19.3 Å². The van der Waals surface area contributed by atoms with Crippen LogP contribution >= 0.6 is 0 Å². The van der Waals surface area contributed by atoms with Gasteiger partial charge in [-0.05, 0) is 64.2 Å². The van der Waals surface area contributed by atoms with E-state index in [4.69, 9.17) is 14.2 Å². The molecule has 82 heavy (non-hydrogen) atoms. The third-order valence-corrected chi connectivity index (χ3v) is 16.3. The molecule has 6 heteroatoms. The van der Waals surface area contributed by atoms with Crippen LogP contribution in [0, 0.1) is 0 Å². The number of hydrogen-bond donors (Lipinski definition) is 0. The van der Waals surface area contributed by atoms with Gasteiger partial charge >= 0.3 is 17.9 Å². The lowest BCUT2D eigenvalue weighted by Crippen LogP contribution is -2.30. The van der Waals surface area contributed by atoms with Gasteiger partial charge < -0.3 is 14.2 Å². The van der Waals surface area contributed by atoms with E-state index in [-0.39, 0.29) is 31.1 Å². The van der Waals surface area contributed by atoms with E-state index in [1.807, 2.05) is 0 Å². The Morgan fingerprint density at radius 1 is 0.256 bits per heavy atom. The number of unbranched alkanes of at least 4 members (excludes halogenated alkanes) is 46. The molecule has 6 nitrogen and oxygen atoms in total. The number of esters is 3. The Kier molecular flexibility index (Phi) is 68.1. The number of carbonyl (C=O) groups excluding carboxylic acids is 3.